The van der Waals surface area contributed by atoms with E-state index in [1.807, 2.05) is 6.92 Å². The van der Waals surface area contributed by atoms with E-state index in [4.69, 9.17) is 10.8 Å². The molecule has 0 fully saturated rings. The molecule has 0 bridgehead atoms. The summed E-state index contributed by atoms with van der Waals surface area (Å²) in [6.45, 7) is 6.32. The number of benzene rings is 1. The van der Waals surface area contributed by atoms with Crippen LogP contribution in [0.5, 0.6) is 0 Å². The molecule has 0 aliphatic carbocycles. The summed E-state index contributed by atoms with van der Waals surface area (Å²) in [4.78, 5) is 0. The minimum Gasteiger partial charge on any atom is -0.394 e. The van der Waals surface area contributed by atoms with Crippen LogP contribution in [0.2, 0.25) is 0 Å². The lowest BCUT2D eigenvalue weighted by atomic mass is 9.93. The van der Waals surface area contributed by atoms with Crippen LogP contribution in [0, 0.1) is 5.92 Å². The average molecular weight is 221 g/mol. The molecular weight excluding hydrogens is 198 g/mol. The highest BCUT2D eigenvalue weighted by Gasteiger charge is 2.17. The number of aliphatic hydroxyl groups is 1. The molecule has 0 saturated heterocycles. The van der Waals surface area contributed by atoms with Crippen molar-refractivity contribution in [1.29, 1.82) is 0 Å². The molecule has 1 unspecified atom stereocenters. The third-order valence-corrected chi connectivity index (χ3v) is 2.64. The Balaban J connectivity index is 2.64. The highest BCUT2D eigenvalue weighted by molar-refractivity contribution is 5.24. The standard InChI is InChI=1S/C14H23NO/c1-11(2)8-12-4-6-13(7-5-12)9-14(3,15)10-16/h4-7,11,16H,8-10,15H2,1-3H3. The predicted molar refractivity (Wildman–Crippen MR) is 68.4 cm³/mol. The lowest BCUT2D eigenvalue weighted by molar-refractivity contribution is 0.208. The van der Waals surface area contributed by atoms with Gasteiger partial charge in [-0.1, -0.05) is 38.1 Å². The summed E-state index contributed by atoms with van der Waals surface area (Å²) in [5.74, 6) is 0.683. The lowest BCUT2D eigenvalue weighted by Gasteiger charge is -2.21. The van der Waals surface area contributed by atoms with Crippen molar-refractivity contribution in [1.82, 2.24) is 0 Å². The second kappa shape index (κ2) is 5.46. The molecule has 0 aliphatic heterocycles. The Morgan fingerprint density at radius 3 is 2.12 bits per heavy atom. The summed E-state index contributed by atoms with van der Waals surface area (Å²) in [7, 11) is 0. The van der Waals surface area contributed by atoms with E-state index in [1.165, 1.54) is 11.1 Å². The molecule has 0 radical (unpaired) electrons. The average Bonchev–Trinajstić information content (AvgIpc) is 2.20. The maximum atomic E-state index is 9.10. The number of rotatable bonds is 5. The molecular formula is C14H23NO. The normalized spacial score (nSPS) is 15.1. The Morgan fingerprint density at radius 1 is 1.19 bits per heavy atom. The van der Waals surface area contributed by atoms with Gasteiger partial charge in [0.15, 0.2) is 0 Å². The van der Waals surface area contributed by atoms with Gasteiger partial charge in [0, 0.05) is 5.54 Å². The summed E-state index contributed by atoms with van der Waals surface area (Å²) in [5.41, 5.74) is 7.95. The van der Waals surface area contributed by atoms with Crippen molar-refractivity contribution in [3.8, 4) is 0 Å². The molecule has 0 saturated carbocycles. The van der Waals surface area contributed by atoms with E-state index in [-0.39, 0.29) is 6.61 Å². The molecule has 2 nitrogen and oxygen atoms in total. The van der Waals surface area contributed by atoms with Gasteiger partial charge in [0.2, 0.25) is 0 Å². The van der Waals surface area contributed by atoms with Crippen molar-refractivity contribution in [2.24, 2.45) is 11.7 Å². The van der Waals surface area contributed by atoms with Gasteiger partial charge in [0.05, 0.1) is 6.61 Å². The van der Waals surface area contributed by atoms with Crippen LogP contribution in [-0.2, 0) is 12.8 Å². The van der Waals surface area contributed by atoms with E-state index in [2.05, 4.69) is 38.1 Å². The highest BCUT2D eigenvalue weighted by atomic mass is 16.3. The summed E-state index contributed by atoms with van der Waals surface area (Å²) in [6.07, 6.45) is 1.83. The molecule has 0 aromatic heterocycles. The van der Waals surface area contributed by atoms with E-state index in [9.17, 15) is 0 Å². The largest absolute Gasteiger partial charge is 0.394 e. The van der Waals surface area contributed by atoms with Crippen LogP contribution in [0.1, 0.15) is 31.9 Å². The van der Waals surface area contributed by atoms with Crippen LogP contribution in [0.4, 0.5) is 0 Å². The van der Waals surface area contributed by atoms with E-state index >= 15 is 0 Å². The molecule has 0 aliphatic rings. The first-order chi connectivity index (χ1) is 7.43. The molecule has 1 aromatic carbocycles. The van der Waals surface area contributed by atoms with Gasteiger partial charge in [-0.25, -0.2) is 0 Å². The second-order valence-corrected chi connectivity index (χ2v) is 5.40. The van der Waals surface area contributed by atoms with Gasteiger partial charge in [-0.2, -0.15) is 0 Å². The lowest BCUT2D eigenvalue weighted by Crippen LogP contribution is -2.42. The number of hydrogen-bond donors (Lipinski definition) is 2. The van der Waals surface area contributed by atoms with Crippen LogP contribution in [0.15, 0.2) is 24.3 Å². The van der Waals surface area contributed by atoms with E-state index in [0.29, 0.717) is 12.3 Å². The number of hydrogen-bond acceptors (Lipinski definition) is 2. The second-order valence-electron chi connectivity index (χ2n) is 5.40. The van der Waals surface area contributed by atoms with E-state index < -0.39 is 5.54 Å². The van der Waals surface area contributed by atoms with Gasteiger partial charge in [0.25, 0.3) is 0 Å². The molecule has 90 valence electrons. The zero-order chi connectivity index (χ0) is 12.2. The van der Waals surface area contributed by atoms with Gasteiger partial charge in [0.1, 0.15) is 0 Å². The van der Waals surface area contributed by atoms with Crippen molar-refractivity contribution >= 4 is 0 Å². The number of nitrogens with two attached hydrogens (primary N) is 1. The monoisotopic (exact) mass is 221 g/mol. The number of aliphatic hydroxyl groups excluding tert-OH is 1. The first-order valence-corrected chi connectivity index (χ1v) is 5.90. The summed E-state index contributed by atoms with van der Waals surface area (Å²) in [5, 5.41) is 9.10. The first kappa shape index (κ1) is 13.2. The van der Waals surface area contributed by atoms with Crippen molar-refractivity contribution < 1.29 is 5.11 Å². The Labute approximate surface area is 98.5 Å². The SMILES string of the molecule is CC(C)Cc1ccc(CC(C)(N)CO)cc1. The summed E-state index contributed by atoms with van der Waals surface area (Å²) in [6, 6.07) is 8.53. The van der Waals surface area contributed by atoms with Crippen LogP contribution in [-0.4, -0.2) is 17.3 Å². The fourth-order valence-electron chi connectivity index (χ4n) is 1.79. The van der Waals surface area contributed by atoms with Crippen molar-refractivity contribution in [2.75, 3.05) is 6.61 Å². The Hall–Kier alpha value is -0.860. The Morgan fingerprint density at radius 2 is 1.69 bits per heavy atom. The third-order valence-electron chi connectivity index (χ3n) is 2.64. The van der Waals surface area contributed by atoms with Crippen LogP contribution in [0.25, 0.3) is 0 Å². The minimum atomic E-state index is -0.514. The summed E-state index contributed by atoms with van der Waals surface area (Å²) < 4.78 is 0. The van der Waals surface area contributed by atoms with Crippen LogP contribution >= 0.6 is 0 Å². The Bertz CT molecular complexity index is 314. The molecule has 0 amide bonds. The van der Waals surface area contributed by atoms with E-state index in [1.54, 1.807) is 0 Å². The zero-order valence-corrected chi connectivity index (χ0v) is 10.5. The zero-order valence-electron chi connectivity index (χ0n) is 10.5. The van der Waals surface area contributed by atoms with Gasteiger partial charge in [-0.05, 0) is 36.8 Å². The van der Waals surface area contributed by atoms with Gasteiger partial charge >= 0.3 is 0 Å². The molecule has 0 spiro atoms. The van der Waals surface area contributed by atoms with Crippen LogP contribution in [0.3, 0.4) is 0 Å². The fraction of sp³-hybridized carbons (Fsp3) is 0.571. The van der Waals surface area contributed by atoms with Gasteiger partial charge in [-0.3, -0.25) is 0 Å². The molecule has 3 N–H and O–H groups in total. The smallest absolute Gasteiger partial charge is 0.0611 e. The molecule has 1 aromatic rings. The van der Waals surface area contributed by atoms with Gasteiger partial charge < -0.3 is 10.8 Å². The van der Waals surface area contributed by atoms with Crippen molar-refractivity contribution in [2.45, 2.75) is 39.2 Å². The third kappa shape index (κ3) is 4.33. The summed E-state index contributed by atoms with van der Waals surface area (Å²) >= 11 is 0. The van der Waals surface area contributed by atoms with Gasteiger partial charge in [-0.15, -0.1) is 0 Å². The van der Waals surface area contributed by atoms with E-state index in [0.717, 1.165) is 6.42 Å². The molecule has 0 heterocycles. The Kier molecular flexibility index (Phi) is 4.51. The molecule has 2 heteroatoms. The van der Waals surface area contributed by atoms with Crippen molar-refractivity contribution in [3.63, 3.8) is 0 Å². The minimum absolute atomic E-state index is 0.0146. The van der Waals surface area contributed by atoms with Crippen molar-refractivity contribution in [3.05, 3.63) is 35.4 Å². The molecule has 1 atom stereocenters. The maximum Gasteiger partial charge on any atom is 0.0611 e. The molecule has 1 rings (SSSR count). The topological polar surface area (TPSA) is 46.2 Å². The van der Waals surface area contributed by atoms with Crippen LogP contribution < -0.4 is 5.73 Å². The predicted octanol–water partition coefficient (Wildman–Crippen LogP) is 2.14. The molecule has 16 heavy (non-hydrogen) atoms. The first-order valence-electron chi connectivity index (χ1n) is 5.90. The quantitative estimate of drug-likeness (QED) is 0.800. The highest BCUT2D eigenvalue weighted by Crippen LogP contribution is 2.13. The maximum absolute atomic E-state index is 9.10. The fourth-order valence-corrected chi connectivity index (χ4v) is 1.79.